The monoisotopic (exact) mass is 257 g/mol. The summed E-state index contributed by atoms with van der Waals surface area (Å²) >= 11 is 11.8. The van der Waals surface area contributed by atoms with E-state index in [-0.39, 0.29) is 5.38 Å². The number of anilines is 1. The van der Waals surface area contributed by atoms with E-state index < -0.39 is 0 Å². The van der Waals surface area contributed by atoms with Crippen LogP contribution in [0.5, 0.6) is 0 Å². The maximum atomic E-state index is 6.07. The van der Waals surface area contributed by atoms with Crippen molar-refractivity contribution in [1.29, 1.82) is 0 Å². The van der Waals surface area contributed by atoms with Gasteiger partial charge in [-0.15, -0.1) is 23.2 Å². The van der Waals surface area contributed by atoms with Crippen molar-refractivity contribution < 1.29 is 0 Å². The minimum Gasteiger partial charge on any atom is -0.369 e. The van der Waals surface area contributed by atoms with E-state index in [1.807, 2.05) is 0 Å². The summed E-state index contributed by atoms with van der Waals surface area (Å²) in [5.74, 6) is 0.448. The standard InChI is InChI=1S/C12H15Cl2N2/c13-9-12(14)10-1-3-11(4-2-10)16-7-5-15-6-8-16/h1-4,12H,5-9H2. The van der Waals surface area contributed by atoms with Gasteiger partial charge in [-0.05, 0) is 17.7 Å². The molecule has 2 rings (SSSR count). The van der Waals surface area contributed by atoms with Crippen LogP contribution in [-0.4, -0.2) is 32.1 Å². The zero-order chi connectivity index (χ0) is 11.4. The number of benzene rings is 1. The van der Waals surface area contributed by atoms with Gasteiger partial charge in [-0.1, -0.05) is 12.1 Å². The second kappa shape index (κ2) is 5.76. The van der Waals surface area contributed by atoms with Gasteiger partial charge in [-0.3, -0.25) is 0 Å². The van der Waals surface area contributed by atoms with Gasteiger partial charge in [-0.2, -0.15) is 0 Å². The average molecular weight is 258 g/mol. The molecule has 1 radical (unpaired) electrons. The summed E-state index contributed by atoms with van der Waals surface area (Å²) in [6, 6.07) is 8.34. The van der Waals surface area contributed by atoms with Crippen LogP contribution in [0.1, 0.15) is 10.9 Å². The lowest BCUT2D eigenvalue weighted by atomic mass is 10.1. The van der Waals surface area contributed by atoms with E-state index in [4.69, 9.17) is 23.2 Å². The normalized spacial score (nSPS) is 18.5. The third-order valence-electron chi connectivity index (χ3n) is 2.81. The molecular formula is C12H15Cl2N2. The van der Waals surface area contributed by atoms with Gasteiger partial charge in [0.1, 0.15) is 0 Å². The van der Waals surface area contributed by atoms with E-state index in [0.717, 1.165) is 31.7 Å². The van der Waals surface area contributed by atoms with Crippen molar-refractivity contribution >= 4 is 28.9 Å². The van der Waals surface area contributed by atoms with Gasteiger partial charge in [0.15, 0.2) is 0 Å². The van der Waals surface area contributed by atoms with Gasteiger partial charge >= 0.3 is 0 Å². The number of alkyl halides is 2. The van der Waals surface area contributed by atoms with Crippen LogP contribution < -0.4 is 10.2 Å². The zero-order valence-corrected chi connectivity index (χ0v) is 10.6. The molecule has 1 fully saturated rings. The van der Waals surface area contributed by atoms with Crippen LogP contribution >= 0.6 is 23.2 Å². The van der Waals surface area contributed by atoms with E-state index in [0.29, 0.717) is 5.88 Å². The Bertz CT molecular complexity index is 320. The topological polar surface area (TPSA) is 17.3 Å². The number of halogens is 2. The first-order chi connectivity index (χ1) is 7.81. The quantitative estimate of drug-likeness (QED) is 0.762. The highest BCUT2D eigenvalue weighted by Gasteiger charge is 2.12. The molecule has 0 bridgehead atoms. The zero-order valence-electron chi connectivity index (χ0n) is 9.07. The summed E-state index contributed by atoms with van der Waals surface area (Å²) in [6.07, 6.45) is 0. The molecule has 0 saturated carbocycles. The highest BCUT2D eigenvalue weighted by Crippen LogP contribution is 2.24. The maximum absolute atomic E-state index is 6.07. The van der Waals surface area contributed by atoms with E-state index in [1.54, 1.807) is 0 Å². The molecule has 87 valence electrons. The van der Waals surface area contributed by atoms with E-state index >= 15 is 0 Å². The van der Waals surface area contributed by atoms with Crippen LogP contribution in [0, 0.1) is 0 Å². The Morgan fingerprint density at radius 1 is 1.19 bits per heavy atom. The molecule has 0 aromatic heterocycles. The Balaban J connectivity index is 2.06. The molecule has 1 heterocycles. The van der Waals surface area contributed by atoms with Crippen LogP contribution in [0.4, 0.5) is 5.69 Å². The summed E-state index contributed by atoms with van der Waals surface area (Å²) in [6.45, 7) is 3.89. The van der Waals surface area contributed by atoms with Crippen molar-refractivity contribution in [3.05, 3.63) is 29.8 Å². The lowest BCUT2D eigenvalue weighted by Crippen LogP contribution is -2.40. The Labute approximate surface area is 107 Å². The van der Waals surface area contributed by atoms with E-state index in [9.17, 15) is 0 Å². The molecule has 1 aromatic carbocycles. The van der Waals surface area contributed by atoms with Gasteiger partial charge in [0.2, 0.25) is 0 Å². The van der Waals surface area contributed by atoms with Crippen molar-refractivity contribution in [3.8, 4) is 0 Å². The Hall–Kier alpha value is -0.440. The molecule has 1 aliphatic heterocycles. The lowest BCUT2D eigenvalue weighted by Gasteiger charge is -2.28. The van der Waals surface area contributed by atoms with Crippen molar-refractivity contribution in [1.82, 2.24) is 5.32 Å². The lowest BCUT2D eigenvalue weighted by molar-refractivity contribution is 0.579. The van der Waals surface area contributed by atoms with Gasteiger partial charge < -0.3 is 4.90 Å². The smallest absolute Gasteiger partial charge is 0.0720 e. The fourth-order valence-electron chi connectivity index (χ4n) is 1.85. The molecule has 0 amide bonds. The van der Waals surface area contributed by atoms with Gasteiger partial charge in [0.05, 0.1) is 5.38 Å². The highest BCUT2D eigenvalue weighted by molar-refractivity contribution is 6.28. The first-order valence-corrected chi connectivity index (χ1v) is 6.46. The molecule has 0 N–H and O–H groups in total. The molecule has 4 heteroatoms. The molecule has 16 heavy (non-hydrogen) atoms. The van der Waals surface area contributed by atoms with Crippen LogP contribution in [-0.2, 0) is 0 Å². The van der Waals surface area contributed by atoms with Crippen LogP contribution in [0.25, 0.3) is 0 Å². The molecule has 2 nitrogen and oxygen atoms in total. The number of nitrogens with zero attached hydrogens (tertiary/aromatic N) is 2. The molecule has 1 aliphatic rings. The summed E-state index contributed by atoms with van der Waals surface area (Å²) in [7, 11) is 0. The predicted molar refractivity (Wildman–Crippen MR) is 69.8 cm³/mol. The minimum absolute atomic E-state index is 0.0907. The highest BCUT2D eigenvalue weighted by atomic mass is 35.5. The third-order valence-corrected chi connectivity index (χ3v) is 3.68. The number of piperazine rings is 1. The summed E-state index contributed by atoms with van der Waals surface area (Å²) < 4.78 is 0. The van der Waals surface area contributed by atoms with Crippen LogP contribution in [0.15, 0.2) is 24.3 Å². The van der Waals surface area contributed by atoms with Crippen molar-refractivity contribution in [3.63, 3.8) is 0 Å². The Morgan fingerprint density at radius 2 is 1.81 bits per heavy atom. The number of rotatable bonds is 3. The molecule has 0 spiro atoms. The van der Waals surface area contributed by atoms with Crippen molar-refractivity contribution in [2.75, 3.05) is 37.0 Å². The summed E-state index contributed by atoms with van der Waals surface area (Å²) in [5.41, 5.74) is 2.33. The minimum atomic E-state index is -0.0907. The summed E-state index contributed by atoms with van der Waals surface area (Å²) in [4.78, 5) is 2.35. The molecule has 1 aromatic rings. The Morgan fingerprint density at radius 3 is 2.38 bits per heavy atom. The van der Waals surface area contributed by atoms with Crippen LogP contribution in [0.2, 0.25) is 0 Å². The van der Waals surface area contributed by atoms with Gasteiger partial charge in [-0.25, -0.2) is 5.32 Å². The van der Waals surface area contributed by atoms with Crippen molar-refractivity contribution in [2.45, 2.75) is 5.38 Å². The summed E-state index contributed by atoms with van der Waals surface area (Å²) in [5, 5.41) is 4.24. The molecular weight excluding hydrogens is 243 g/mol. The predicted octanol–water partition coefficient (Wildman–Crippen LogP) is 2.63. The fraction of sp³-hybridized carbons (Fsp3) is 0.500. The molecule has 1 saturated heterocycles. The first-order valence-electron chi connectivity index (χ1n) is 5.49. The molecule has 1 unspecified atom stereocenters. The van der Waals surface area contributed by atoms with Gasteiger partial charge in [0, 0.05) is 37.7 Å². The maximum Gasteiger partial charge on any atom is 0.0720 e. The number of hydrogen-bond acceptors (Lipinski definition) is 1. The second-order valence-corrected chi connectivity index (χ2v) is 4.71. The molecule has 0 aliphatic carbocycles. The Kier molecular flexibility index (Phi) is 4.33. The third kappa shape index (κ3) is 2.82. The molecule has 1 atom stereocenters. The largest absolute Gasteiger partial charge is 0.369 e. The van der Waals surface area contributed by atoms with E-state index in [2.05, 4.69) is 34.5 Å². The number of hydrogen-bond donors (Lipinski definition) is 0. The fourth-order valence-corrected chi connectivity index (χ4v) is 2.17. The van der Waals surface area contributed by atoms with E-state index in [1.165, 1.54) is 5.69 Å². The second-order valence-electron chi connectivity index (χ2n) is 3.87. The average Bonchev–Trinajstić information content (AvgIpc) is 2.39. The van der Waals surface area contributed by atoms with Gasteiger partial charge in [0.25, 0.3) is 0 Å². The SMILES string of the molecule is ClCC(Cl)c1ccc(N2CC[N]CC2)cc1. The van der Waals surface area contributed by atoms with Crippen LogP contribution in [0.3, 0.4) is 0 Å². The first kappa shape index (κ1) is 12.0. The van der Waals surface area contributed by atoms with Crippen molar-refractivity contribution in [2.24, 2.45) is 0 Å².